The van der Waals surface area contributed by atoms with Crippen molar-refractivity contribution in [2.75, 3.05) is 9.80 Å². The Morgan fingerprint density at radius 1 is 0.338 bits per heavy atom. The van der Waals surface area contributed by atoms with E-state index in [1.165, 1.54) is 21.3 Å². The molecule has 3 aliphatic rings. The van der Waals surface area contributed by atoms with Crippen molar-refractivity contribution in [2.24, 2.45) is 0 Å². The Morgan fingerprint density at radius 3 is 1.00 bits per heavy atom. The third-order valence-corrected chi connectivity index (χ3v) is 17.7. The van der Waals surface area contributed by atoms with E-state index < -0.39 is 31.6 Å². The van der Waals surface area contributed by atoms with Crippen LogP contribution in [0.5, 0.6) is 0 Å². The van der Waals surface area contributed by atoms with Crippen LogP contribution < -0.4 is 36.6 Å². The predicted octanol–water partition coefficient (Wildman–Crippen LogP) is 13.6. The van der Waals surface area contributed by atoms with Crippen LogP contribution in [0.15, 0.2) is 200 Å². The molecule has 0 aromatic heterocycles. The molecule has 3 aliphatic heterocycles. The second kappa shape index (κ2) is 15.2. The molecule has 68 heavy (non-hydrogen) atoms. The molecule has 0 atom stereocenters. The molecule has 3 heterocycles. The molecule has 0 saturated carbocycles. The van der Waals surface area contributed by atoms with Crippen molar-refractivity contribution in [1.29, 1.82) is 0 Å². The highest BCUT2D eigenvalue weighted by atomic mass is 28.3. The van der Waals surface area contributed by atoms with Gasteiger partial charge in [-0.25, -0.2) is 0 Å². The van der Waals surface area contributed by atoms with E-state index in [4.69, 9.17) is 0 Å². The first-order valence-corrected chi connectivity index (χ1v) is 25.5. The van der Waals surface area contributed by atoms with Crippen LogP contribution in [-0.2, 0) is 12.4 Å². The lowest BCUT2D eigenvalue weighted by Crippen LogP contribution is -2.79. The average Bonchev–Trinajstić information content (AvgIpc) is 3.35. The monoisotopic (exact) mass is 916 g/mol. The van der Waals surface area contributed by atoms with Crippen molar-refractivity contribution in [3.05, 3.63) is 211 Å². The summed E-state index contributed by atoms with van der Waals surface area (Å²) in [6, 6.07) is 62.7. The number of anilines is 6. The summed E-state index contributed by atoms with van der Waals surface area (Å²) >= 11 is 0. The molecular weight excluding hydrogens is 878 g/mol. The standard InChI is InChI=1S/C58H39BF6N2Si/c1-68(2)50-26-12-24-48-53(50)59-52-46(66(48)55-42(36-14-5-3-6-15-36)18-9-20-44(55)38-28-32-40(33-29-38)57(60,61)62)22-11-23-47(52)67(49-25-13-27-51(68)54(49)59)56-43(37-16-7-4-8-17-37)19-10-21-45(56)39-30-34-41(35-31-39)58(63,64)65/h3-35H,1-2H3. The number of halogens is 6. The van der Waals surface area contributed by atoms with E-state index in [0.717, 1.165) is 97.2 Å². The van der Waals surface area contributed by atoms with E-state index in [0.29, 0.717) is 11.1 Å². The summed E-state index contributed by atoms with van der Waals surface area (Å²) in [6.45, 7) is 4.62. The second-order valence-electron chi connectivity index (χ2n) is 18.2. The number of hydrogen-bond donors (Lipinski definition) is 0. The van der Waals surface area contributed by atoms with Crippen LogP contribution in [-0.4, -0.2) is 14.8 Å². The van der Waals surface area contributed by atoms with Crippen molar-refractivity contribution in [1.82, 2.24) is 0 Å². The van der Waals surface area contributed by atoms with Crippen molar-refractivity contribution in [2.45, 2.75) is 25.4 Å². The van der Waals surface area contributed by atoms with E-state index >= 15 is 0 Å². The molecule has 0 saturated heterocycles. The SMILES string of the molecule is C[Si]1(C)c2cccc3c2B2c4c(cccc4N(c4c(-c5ccccc5)cccc4-c4ccc(C(F)(F)F)cc4)c4cccc1c42)N3c1c(-c2ccccc2)cccc1-c1ccc(C(F)(F)F)cc1. The molecular formula is C58H39BF6N2Si. The largest absolute Gasteiger partial charge is 0.416 e. The van der Waals surface area contributed by atoms with Gasteiger partial charge in [0.15, 0.2) is 0 Å². The maximum absolute atomic E-state index is 14.0. The molecule has 330 valence electrons. The topological polar surface area (TPSA) is 6.48 Å². The van der Waals surface area contributed by atoms with Crippen molar-refractivity contribution >= 4 is 75.7 Å². The molecule has 0 amide bonds. The Bertz CT molecular complexity index is 3240. The van der Waals surface area contributed by atoms with Crippen molar-refractivity contribution in [3.63, 3.8) is 0 Å². The Hall–Kier alpha value is -7.56. The van der Waals surface area contributed by atoms with Gasteiger partial charge in [0.1, 0.15) is 8.07 Å². The van der Waals surface area contributed by atoms with E-state index in [9.17, 15) is 26.3 Å². The smallest absolute Gasteiger partial charge is 0.310 e. The molecule has 2 nitrogen and oxygen atoms in total. The van der Waals surface area contributed by atoms with Gasteiger partial charge in [-0.2, -0.15) is 26.3 Å². The summed E-state index contributed by atoms with van der Waals surface area (Å²) in [6.07, 6.45) is -8.99. The molecule has 0 unspecified atom stereocenters. The molecule has 0 aliphatic carbocycles. The Morgan fingerprint density at radius 2 is 0.647 bits per heavy atom. The first-order chi connectivity index (χ1) is 32.8. The minimum absolute atomic E-state index is 0.177. The molecule has 9 aromatic rings. The first-order valence-electron chi connectivity index (χ1n) is 22.5. The van der Waals surface area contributed by atoms with Gasteiger partial charge in [-0.15, -0.1) is 0 Å². The number of hydrogen-bond acceptors (Lipinski definition) is 2. The van der Waals surface area contributed by atoms with Gasteiger partial charge in [-0.1, -0.05) is 175 Å². The Kier molecular flexibility index (Phi) is 9.37. The van der Waals surface area contributed by atoms with Crippen LogP contribution in [0.25, 0.3) is 44.5 Å². The van der Waals surface area contributed by atoms with Gasteiger partial charge in [0.25, 0.3) is 6.71 Å². The van der Waals surface area contributed by atoms with Crippen molar-refractivity contribution < 1.29 is 26.3 Å². The highest BCUT2D eigenvalue weighted by molar-refractivity contribution is 7.16. The molecule has 0 radical (unpaired) electrons. The predicted molar refractivity (Wildman–Crippen MR) is 269 cm³/mol. The van der Waals surface area contributed by atoms with Gasteiger partial charge in [0.05, 0.1) is 22.5 Å². The Balaban J connectivity index is 1.19. The van der Waals surface area contributed by atoms with Gasteiger partial charge in [-0.3, -0.25) is 0 Å². The summed E-state index contributed by atoms with van der Waals surface area (Å²) in [7, 11) is -2.50. The lowest BCUT2D eigenvalue weighted by molar-refractivity contribution is -0.138. The van der Waals surface area contributed by atoms with Crippen LogP contribution in [0.3, 0.4) is 0 Å². The molecule has 12 rings (SSSR count). The van der Waals surface area contributed by atoms with Gasteiger partial charge in [-0.05, 0) is 87.2 Å². The molecule has 0 spiro atoms. The summed E-state index contributed by atoms with van der Waals surface area (Å²) in [5, 5.41) is 2.62. The zero-order valence-corrected chi connectivity index (χ0v) is 37.8. The minimum Gasteiger partial charge on any atom is -0.310 e. The summed E-state index contributed by atoms with van der Waals surface area (Å²) < 4.78 is 84.2. The van der Waals surface area contributed by atoms with E-state index in [-0.39, 0.29) is 6.71 Å². The maximum Gasteiger partial charge on any atom is 0.416 e. The van der Waals surface area contributed by atoms with Crippen LogP contribution in [0.2, 0.25) is 13.1 Å². The van der Waals surface area contributed by atoms with Crippen LogP contribution in [0.4, 0.5) is 60.5 Å². The lowest BCUT2D eigenvalue weighted by atomic mass is 9.33. The maximum atomic E-state index is 14.0. The zero-order valence-electron chi connectivity index (χ0n) is 36.8. The van der Waals surface area contributed by atoms with Gasteiger partial charge in [0.2, 0.25) is 0 Å². The summed E-state index contributed by atoms with van der Waals surface area (Å²) in [4.78, 5) is 4.68. The molecule has 0 fully saturated rings. The summed E-state index contributed by atoms with van der Waals surface area (Å²) in [5.41, 5.74) is 14.2. The molecule has 9 aromatic carbocycles. The fourth-order valence-electron chi connectivity index (χ4n) is 11.2. The van der Waals surface area contributed by atoms with Crippen LogP contribution in [0, 0.1) is 0 Å². The van der Waals surface area contributed by atoms with E-state index in [2.05, 4.69) is 114 Å². The van der Waals surface area contributed by atoms with Gasteiger partial charge >= 0.3 is 12.4 Å². The van der Waals surface area contributed by atoms with Crippen LogP contribution >= 0.6 is 0 Å². The number of alkyl halides is 6. The quantitative estimate of drug-likeness (QED) is 0.121. The normalized spacial score (nSPS) is 14.2. The third-order valence-electron chi connectivity index (χ3n) is 14.1. The zero-order chi connectivity index (χ0) is 46.7. The number of nitrogens with zero attached hydrogens (tertiary/aromatic N) is 2. The van der Waals surface area contributed by atoms with Gasteiger partial charge < -0.3 is 9.80 Å². The third kappa shape index (κ3) is 6.34. The Labute approximate surface area is 391 Å². The average molecular weight is 917 g/mol. The molecule has 0 bridgehead atoms. The molecule has 10 heteroatoms. The lowest BCUT2D eigenvalue weighted by Gasteiger charge is -2.50. The fourth-order valence-corrected chi connectivity index (χ4v) is 14.4. The fraction of sp³-hybridized carbons (Fsp3) is 0.0690. The van der Waals surface area contributed by atoms with E-state index in [1.807, 2.05) is 60.7 Å². The van der Waals surface area contributed by atoms with Crippen molar-refractivity contribution in [3.8, 4) is 44.5 Å². The number of benzene rings is 9. The highest BCUT2D eigenvalue weighted by Gasteiger charge is 2.52. The molecule has 0 N–H and O–H groups in total. The first kappa shape index (κ1) is 41.8. The highest BCUT2D eigenvalue weighted by Crippen LogP contribution is 2.52. The van der Waals surface area contributed by atoms with E-state index in [1.54, 1.807) is 24.3 Å². The second-order valence-corrected chi connectivity index (χ2v) is 22.5. The number of para-hydroxylation sites is 2. The number of rotatable bonds is 6. The van der Waals surface area contributed by atoms with Gasteiger partial charge in [0, 0.05) is 45.0 Å². The minimum atomic E-state index is -4.50. The van der Waals surface area contributed by atoms with Crippen LogP contribution in [0.1, 0.15) is 11.1 Å². The summed E-state index contributed by atoms with van der Waals surface area (Å²) in [5.74, 6) is 0.